The predicted octanol–water partition coefficient (Wildman–Crippen LogP) is 2.60. The van der Waals surface area contributed by atoms with E-state index in [0.29, 0.717) is 0 Å². The molecular weight excluding hydrogens is 168 g/mol. The van der Waals surface area contributed by atoms with Crippen molar-refractivity contribution in [3.8, 4) is 0 Å². The standard InChI is InChI=1S/C10H12OS/c1-2-12-10(8-11)9-6-4-3-5-7-9/h2-7,10-11H,1,8H2. The third-order valence-corrected chi connectivity index (χ3v) is 2.54. The highest BCUT2D eigenvalue weighted by Gasteiger charge is 2.07. The van der Waals surface area contributed by atoms with Crippen molar-refractivity contribution in [1.82, 2.24) is 0 Å². The monoisotopic (exact) mass is 180 g/mol. The van der Waals surface area contributed by atoms with Gasteiger partial charge in [-0.3, -0.25) is 0 Å². The lowest BCUT2D eigenvalue weighted by Crippen LogP contribution is -1.97. The van der Waals surface area contributed by atoms with Crippen LogP contribution in [0.2, 0.25) is 0 Å². The largest absolute Gasteiger partial charge is 0.395 e. The number of rotatable bonds is 4. The molecule has 0 spiro atoms. The van der Waals surface area contributed by atoms with Crippen LogP contribution in [0.4, 0.5) is 0 Å². The van der Waals surface area contributed by atoms with E-state index in [-0.39, 0.29) is 11.9 Å². The van der Waals surface area contributed by atoms with Crippen LogP contribution in [-0.4, -0.2) is 11.7 Å². The molecule has 0 heterocycles. The van der Waals surface area contributed by atoms with Crippen LogP contribution in [0.15, 0.2) is 42.3 Å². The van der Waals surface area contributed by atoms with Crippen molar-refractivity contribution in [1.29, 1.82) is 0 Å². The number of hydrogen-bond donors (Lipinski definition) is 1. The summed E-state index contributed by atoms with van der Waals surface area (Å²) in [6.45, 7) is 3.78. The van der Waals surface area contributed by atoms with Crippen molar-refractivity contribution in [2.24, 2.45) is 0 Å². The highest BCUT2D eigenvalue weighted by atomic mass is 32.2. The Bertz CT molecular complexity index is 233. The Morgan fingerprint density at radius 1 is 1.42 bits per heavy atom. The van der Waals surface area contributed by atoms with Gasteiger partial charge < -0.3 is 5.11 Å². The Balaban J connectivity index is 2.72. The minimum Gasteiger partial charge on any atom is -0.395 e. The molecule has 1 unspecified atom stereocenters. The van der Waals surface area contributed by atoms with Gasteiger partial charge in [-0.2, -0.15) is 0 Å². The molecule has 0 radical (unpaired) electrons. The first-order valence-electron chi connectivity index (χ1n) is 3.80. The van der Waals surface area contributed by atoms with E-state index in [1.54, 1.807) is 17.2 Å². The number of thioether (sulfide) groups is 1. The second-order valence-electron chi connectivity index (χ2n) is 2.38. The van der Waals surface area contributed by atoms with Gasteiger partial charge in [0.25, 0.3) is 0 Å². The zero-order valence-electron chi connectivity index (χ0n) is 6.81. The summed E-state index contributed by atoms with van der Waals surface area (Å²) in [6.07, 6.45) is 0. The van der Waals surface area contributed by atoms with E-state index in [2.05, 4.69) is 6.58 Å². The fourth-order valence-corrected chi connectivity index (χ4v) is 1.64. The highest BCUT2D eigenvalue weighted by Crippen LogP contribution is 2.27. The Kier molecular flexibility index (Phi) is 3.91. The molecule has 0 fully saturated rings. The maximum absolute atomic E-state index is 9.04. The van der Waals surface area contributed by atoms with Crippen LogP contribution in [0.3, 0.4) is 0 Å². The van der Waals surface area contributed by atoms with Gasteiger partial charge in [-0.15, -0.1) is 11.8 Å². The molecule has 0 saturated carbocycles. The average molecular weight is 180 g/mol. The molecular formula is C10H12OS. The number of aliphatic hydroxyl groups excluding tert-OH is 1. The SMILES string of the molecule is C=CSC(CO)c1ccccc1. The lowest BCUT2D eigenvalue weighted by atomic mass is 10.2. The molecule has 1 nitrogen and oxygen atoms in total. The van der Waals surface area contributed by atoms with Crippen LogP contribution in [0.5, 0.6) is 0 Å². The third-order valence-electron chi connectivity index (χ3n) is 1.60. The van der Waals surface area contributed by atoms with Gasteiger partial charge in [0.1, 0.15) is 0 Å². The van der Waals surface area contributed by atoms with Crippen LogP contribution in [-0.2, 0) is 0 Å². The highest BCUT2D eigenvalue weighted by molar-refractivity contribution is 8.02. The van der Waals surface area contributed by atoms with E-state index in [1.165, 1.54) is 0 Å². The third kappa shape index (κ3) is 2.40. The summed E-state index contributed by atoms with van der Waals surface area (Å²) in [5.41, 5.74) is 1.14. The maximum atomic E-state index is 9.04. The summed E-state index contributed by atoms with van der Waals surface area (Å²) in [5.74, 6) is 0. The quantitative estimate of drug-likeness (QED) is 0.768. The van der Waals surface area contributed by atoms with Gasteiger partial charge in [0, 0.05) is 0 Å². The molecule has 1 N–H and O–H groups in total. The van der Waals surface area contributed by atoms with Crippen molar-refractivity contribution in [2.45, 2.75) is 5.25 Å². The fourth-order valence-electron chi connectivity index (χ4n) is 1.01. The summed E-state index contributed by atoms with van der Waals surface area (Å²) >= 11 is 1.54. The van der Waals surface area contributed by atoms with Crippen molar-refractivity contribution in [3.05, 3.63) is 47.9 Å². The maximum Gasteiger partial charge on any atom is 0.0594 e. The Labute approximate surface area is 77.1 Å². The number of hydrogen-bond acceptors (Lipinski definition) is 2. The van der Waals surface area contributed by atoms with Gasteiger partial charge >= 0.3 is 0 Å². The van der Waals surface area contributed by atoms with E-state index in [4.69, 9.17) is 5.11 Å². The first kappa shape index (κ1) is 9.36. The first-order chi connectivity index (χ1) is 5.88. The van der Waals surface area contributed by atoms with E-state index < -0.39 is 0 Å². The average Bonchev–Trinajstić information content (AvgIpc) is 2.15. The molecule has 12 heavy (non-hydrogen) atoms. The molecule has 2 heteroatoms. The Morgan fingerprint density at radius 3 is 2.58 bits per heavy atom. The van der Waals surface area contributed by atoms with Crippen LogP contribution in [0.25, 0.3) is 0 Å². The van der Waals surface area contributed by atoms with Gasteiger partial charge in [0.2, 0.25) is 0 Å². The summed E-state index contributed by atoms with van der Waals surface area (Å²) in [4.78, 5) is 0. The molecule has 64 valence electrons. The summed E-state index contributed by atoms with van der Waals surface area (Å²) in [5, 5.41) is 10.9. The lowest BCUT2D eigenvalue weighted by molar-refractivity contribution is 0.296. The minimum absolute atomic E-state index is 0.128. The molecule has 0 aliphatic heterocycles. The summed E-state index contributed by atoms with van der Waals surface area (Å²) in [7, 11) is 0. The normalized spacial score (nSPS) is 12.4. The fraction of sp³-hybridized carbons (Fsp3) is 0.200. The van der Waals surface area contributed by atoms with Gasteiger partial charge in [-0.05, 0) is 11.0 Å². The van der Waals surface area contributed by atoms with E-state index in [9.17, 15) is 0 Å². The first-order valence-corrected chi connectivity index (χ1v) is 4.75. The molecule has 1 atom stereocenters. The van der Waals surface area contributed by atoms with Crippen LogP contribution < -0.4 is 0 Å². The van der Waals surface area contributed by atoms with Crippen molar-refractivity contribution >= 4 is 11.8 Å². The molecule has 0 amide bonds. The van der Waals surface area contributed by atoms with Gasteiger partial charge in [0.05, 0.1) is 11.9 Å². The van der Waals surface area contributed by atoms with Gasteiger partial charge in [0.15, 0.2) is 0 Å². The second kappa shape index (κ2) is 5.01. The van der Waals surface area contributed by atoms with E-state index in [0.717, 1.165) is 5.56 Å². The Morgan fingerprint density at radius 2 is 2.08 bits per heavy atom. The lowest BCUT2D eigenvalue weighted by Gasteiger charge is -2.10. The smallest absolute Gasteiger partial charge is 0.0594 e. The van der Waals surface area contributed by atoms with Gasteiger partial charge in [-0.1, -0.05) is 36.9 Å². The van der Waals surface area contributed by atoms with Crippen LogP contribution in [0, 0.1) is 0 Å². The molecule has 0 bridgehead atoms. The van der Waals surface area contributed by atoms with Crippen molar-refractivity contribution < 1.29 is 5.11 Å². The van der Waals surface area contributed by atoms with Gasteiger partial charge in [-0.25, -0.2) is 0 Å². The summed E-state index contributed by atoms with van der Waals surface area (Å²) in [6, 6.07) is 9.94. The van der Waals surface area contributed by atoms with Crippen molar-refractivity contribution in [2.75, 3.05) is 6.61 Å². The number of aliphatic hydroxyl groups is 1. The van der Waals surface area contributed by atoms with Crippen molar-refractivity contribution in [3.63, 3.8) is 0 Å². The summed E-state index contributed by atoms with van der Waals surface area (Å²) < 4.78 is 0. The molecule has 0 saturated heterocycles. The molecule has 0 aliphatic carbocycles. The molecule has 0 aromatic heterocycles. The topological polar surface area (TPSA) is 20.2 Å². The van der Waals surface area contributed by atoms with E-state index in [1.807, 2.05) is 30.3 Å². The number of benzene rings is 1. The molecule has 0 aliphatic rings. The molecule has 1 aromatic carbocycles. The molecule has 1 rings (SSSR count). The minimum atomic E-state index is 0.128. The van der Waals surface area contributed by atoms with Crippen LogP contribution in [0.1, 0.15) is 10.8 Å². The van der Waals surface area contributed by atoms with E-state index >= 15 is 0 Å². The Hall–Kier alpha value is -0.730. The predicted molar refractivity (Wildman–Crippen MR) is 54.1 cm³/mol. The zero-order valence-corrected chi connectivity index (χ0v) is 7.63. The zero-order chi connectivity index (χ0) is 8.81. The van der Waals surface area contributed by atoms with Crippen LogP contribution >= 0.6 is 11.8 Å². The molecule has 1 aromatic rings. The second-order valence-corrected chi connectivity index (χ2v) is 3.56.